The summed E-state index contributed by atoms with van der Waals surface area (Å²) in [6.45, 7) is 2.81. The van der Waals surface area contributed by atoms with Gasteiger partial charge in [0.05, 0.1) is 9.21 Å². The van der Waals surface area contributed by atoms with E-state index in [1.165, 1.54) is 22.7 Å². The zero-order valence-corrected chi connectivity index (χ0v) is 17.7. The molecule has 0 atom stereocenters. The van der Waals surface area contributed by atoms with Crippen LogP contribution in [0.2, 0.25) is 4.34 Å². The summed E-state index contributed by atoms with van der Waals surface area (Å²) in [7, 11) is 0. The number of anilines is 1. The van der Waals surface area contributed by atoms with Crippen LogP contribution in [0.15, 0.2) is 35.8 Å². The number of carbonyl (C=O) groups is 1. The minimum absolute atomic E-state index is 0.0178. The van der Waals surface area contributed by atoms with E-state index >= 15 is 0 Å². The molecule has 10 heteroatoms. The Balaban J connectivity index is 1.26. The average Bonchev–Trinajstić information content (AvgIpc) is 3.46. The standard InChI is InChI=1S/C18H14ClN5OS3/c19-14-4-3-13(27-14)16-21-12(10-26-16)17(25)23-6-8-24(9-7-23)18-22-11-2-1-5-20-15(11)28-18/h1-5,10H,6-9H2. The first-order chi connectivity index (χ1) is 13.7. The maximum absolute atomic E-state index is 12.8. The second-order valence-corrected chi connectivity index (χ2v) is 9.77. The SMILES string of the molecule is O=C(c1csc(-c2ccc(Cl)s2)n1)N1CCN(c2nc3cccnc3s2)CC1. The number of carbonyl (C=O) groups excluding carboxylic acids is 1. The lowest BCUT2D eigenvalue weighted by Crippen LogP contribution is -2.48. The van der Waals surface area contributed by atoms with Gasteiger partial charge in [0.15, 0.2) is 5.13 Å². The normalized spacial score (nSPS) is 14.8. The van der Waals surface area contributed by atoms with Gasteiger partial charge in [0.1, 0.15) is 21.0 Å². The predicted molar refractivity (Wildman–Crippen MR) is 116 cm³/mol. The molecule has 5 rings (SSSR count). The Bertz CT molecular complexity index is 1110. The highest BCUT2D eigenvalue weighted by Crippen LogP contribution is 2.33. The van der Waals surface area contributed by atoms with E-state index in [-0.39, 0.29) is 5.91 Å². The summed E-state index contributed by atoms with van der Waals surface area (Å²) in [5, 5.41) is 3.63. The van der Waals surface area contributed by atoms with E-state index in [1.807, 2.05) is 34.5 Å². The maximum atomic E-state index is 12.8. The number of thiazole rings is 2. The first-order valence-corrected chi connectivity index (χ1v) is 11.5. The number of thiophene rings is 1. The molecule has 0 bridgehead atoms. The molecule has 1 aliphatic heterocycles. The van der Waals surface area contributed by atoms with E-state index < -0.39 is 0 Å². The molecule has 0 spiro atoms. The third-order valence-corrected chi connectivity index (χ3v) is 7.78. The van der Waals surface area contributed by atoms with Crippen molar-refractivity contribution in [1.29, 1.82) is 0 Å². The predicted octanol–water partition coefficient (Wildman–Crippen LogP) is 4.49. The number of piperazine rings is 1. The molecule has 0 aromatic carbocycles. The van der Waals surface area contributed by atoms with Crippen LogP contribution in [0, 0.1) is 0 Å². The Labute approximate surface area is 178 Å². The number of amides is 1. The van der Waals surface area contributed by atoms with E-state index in [2.05, 4.69) is 19.9 Å². The summed E-state index contributed by atoms with van der Waals surface area (Å²) >= 11 is 10.5. The van der Waals surface area contributed by atoms with E-state index in [9.17, 15) is 4.79 Å². The second-order valence-electron chi connectivity index (χ2n) is 6.25. The highest BCUT2D eigenvalue weighted by Gasteiger charge is 2.25. The zero-order chi connectivity index (χ0) is 19.1. The van der Waals surface area contributed by atoms with Crippen molar-refractivity contribution in [2.75, 3.05) is 31.1 Å². The van der Waals surface area contributed by atoms with Crippen LogP contribution in [0.5, 0.6) is 0 Å². The van der Waals surface area contributed by atoms with Crippen molar-refractivity contribution in [2.45, 2.75) is 0 Å². The minimum Gasteiger partial charge on any atom is -0.344 e. The lowest BCUT2D eigenvalue weighted by atomic mass is 10.3. The minimum atomic E-state index is -0.0178. The number of hydrogen-bond acceptors (Lipinski definition) is 8. The van der Waals surface area contributed by atoms with Gasteiger partial charge in [-0.25, -0.2) is 15.0 Å². The van der Waals surface area contributed by atoms with Gasteiger partial charge in [-0.05, 0) is 24.3 Å². The molecule has 0 unspecified atom stereocenters. The summed E-state index contributed by atoms with van der Waals surface area (Å²) in [4.78, 5) is 32.4. The summed E-state index contributed by atoms with van der Waals surface area (Å²) < 4.78 is 0.722. The molecule has 1 amide bonds. The molecule has 6 nitrogen and oxygen atoms in total. The van der Waals surface area contributed by atoms with Crippen LogP contribution in [0.25, 0.3) is 20.2 Å². The number of fused-ring (bicyclic) bond motifs is 1. The number of rotatable bonds is 3. The van der Waals surface area contributed by atoms with Gasteiger partial charge >= 0.3 is 0 Å². The topological polar surface area (TPSA) is 62.2 Å². The van der Waals surface area contributed by atoms with Crippen molar-refractivity contribution < 1.29 is 4.79 Å². The lowest BCUT2D eigenvalue weighted by molar-refractivity contribution is 0.0742. The number of aromatic nitrogens is 3. The molecule has 0 radical (unpaired) electrons. The quantitative estimate of drug-likeness (QED) is 0.463. The molecule has 0 N–H and O–H groups in total. The molecule has 0 saturated carbocycles. The van der Waals surface area contributed by atoms with Gasteiger partial charge in [-0.15, -0.1) is 22.7 Å². The van der Waals surface area contributed by atoms with Crippen LogP contribution in [0.4, 0.5) is 5.13 Å². The van der Waals surface area contributed by atoms with Gasteiger partial charge in [-0.3, -0.25) is 4.79 Å². The molecule has 1 fully saturated rings. The summed E-state index contributed by atoms with van der Waals surface area (Å²) in [6.07, 6.45) is 1.78. The average molecular weight is 448 g/mol. The molecule has 5 heterocycles. The van der Waals surface area contributed by atoms with Gasteiger partial charge in [-0.1, -0.05) is 22.9 Å². The van der Waals surface area contributed by atoms with Crippen molar-refractivity contribution in [3.63, 3.8) is 0 Å². The smallest absolute Gasteiger partial charge is 0.273 e. The fourth-order valence-electron chi connectivity index (χ4n) is 3.07. The van der Waals surface area contributed by atoms with Crippen molar-refractivity contribution in [3.05, 3.63) is 45.9 Å². The monoisotopic (exact) mass is 447 g/mol. The summed E-state index contributed by atoms with van der Waals surface area (Å²) in [6, 6.07) is 7.66. The summed E-state index contributed by atoms with van der Waals surface area (Å²) in [5.41, 5.74) is 1.42. The number of pyridine rings is 1. The van der Waals surface area contributed by atoms with Crippen LogP contribution >= 0.6 is 45.6 Å². The maximum Gasteiger partial charge on any atom is 0.273 e. The largest absolute Gasteiger partial charge is 0.344 e. The van der Waals surface area contributed by atoms with Gasteiger partial charge in [-0.2, -0.15) is 0 Å². The van der Waals surface area contributed by atoms with Crippen molar-refractivity contribution in [1.82, 2.24) is 19.9 Å². The molecule has 1 aliphatic rings. The first kappa shape index (κ1) is 18.0. The van der Waals surface area contributed by atoms with Gasteiger partial charge in [0, 0.05) is 37.8 Å². The van der Waals surface area contributed by atoms with Crippen molar-refractivity contribution in [2.24, 2.45) is 0 Å². The third-order valence-electron chi connectivity index (χ3n) is 4.50. The lowest BCUT2D eigenvalue weighted by Gasteiger charge is -2.34. The van der Waals surface area contributed by atoms with E-state index in [1.54, 1.807) is 17.5 Å². The van der Waals surface area contributed by atoms with E-state index in [4.69, 9.17) is 11.6 Å². The third kappa shape index (κ3) is 3.39. The molecule has 4 aromatic heterocycles. The van der Waals surface area contributed by atoms with Gasteiger partial charge in [0.2, 0.25) is 0 Å². The van der Waals surface area contributed by atoms with Crippen LogP contribution in [-0.4, -0.2) is 51.9 Å². The second kappa shape index (κ2) is 7.40. The zero-order valence-electron chi connectivity index (χ0n) is 14.5. The molecule has 0 aliphatic carbocycles. The van der Waals surface area contributed by atoms with Crippen LogP contribution in [0.3, 0.4) is 0 Å². The first-order valence-electron chi connectivity index (χ1n) is 8.64. The van der Waals surface area contributed by atoms with E-state index in [0.717, 1.165) is 42.8 Å². The molecular formula is C18H14ClN5OS3. The Hall–Kier alpha value is -2.07. The van der Waals surface area contributed by atoms with Gasteiger partial charge < -0.3 is 9.80 Å². The summed E-state index contributed by atoms with van der Waals surface area (Å²) in [5.74, 6) is -0.0178. The number of nitrogens with zero attached hydrogens (tertiary/aromatic N) is 5. The Morgan fingerprint density at radius 1 is 1.07 bits per heavy atom. The molecular weight excluding hydrogens is 434 g/mol. The van der Waals surface area contributed by atoms with Crippen LogP contribution in [-0.2, 0) is 0 Å². The van der Waals surface area contributed by atoms with Crippen molar-refractivity contribution in [3.8, 4) is 9.88 Å². The van der Waals surface area contributed by atoms with Gasteiger partial charge in [0.25, 0.3) is 5.91 Å². The van der Waals surface area contributed by atoms with Crippen molar-refractivity contribution >= 4 is 67.0 Å². The Morgan fingerprint density at radius 2 is 1.93 bits per heavy atom. The Morgan fingerprint density at radius 3 is 2.68 bits per heavy atom. The molecule has 142 valence electrons. The fraction of sp³-hybridized carbons (Fsp3) is 0.222. The number of halogens is 1. The molecule has 4 aromatic rings. The highest BCUT2D eigenvalue weighted by atomic mass is 35.5. The Kier molecular flexibility index (Phi) is 4.75. The van der Waals surface area contributed by atoms with Crippen LogP contribution in [0.1, 0.15) is 10.5 Å². The molecule has 28 heavy (non-hydrogen) atoms. The fourth-order valence-corrected chi connectivity index (χ4v) is 5.94. The number of hydrogen-bond donors (Lipinski definition) is 0. The highest BCUT2D eigenvalue weighted by molar-refractivity contribution is 7.23. The van der Waals surface area contributed by atoms with Crippen LogP contribution < -0.4 is 4.90 Å². The molecule has 1 saturated heterocycles. The van der Waals surface area contributed by atoms with E-state index in [0.29, 0.717) is 18.8 Å².